The molecule has 2 bridgehead atoms. The number of nitrogens with one attached hydrogen (secondary N) is 1. The molecule has 1 amide bonds. The van der Waals surface area contributed by atoms with Crippen LogP contribution in [0.1, 0.15) is 49.8 Å². The van der Waals surface area contributed by atoms with Crippen molar-refractivity contribution in [3.63, 3.8) is 0 Å². The third-order valence-electron chi connectivity index (χ3n) is 11.7. The van der Waals surface area contributed by atoms with Crippen LogP contribution in [0.4, 0.5) is 23.4 Å². The third-order valence-corrected chi connectivity index (χ3v) is 11.7. The second-order valence-electron chi connectivity index (χ2n) is 15.0. The quantitative estimate of drug-likeness (QED) is 0.106. The van der Waals surface area contributed by atoms with Gasteiger partial charge in [0.25, 0.3) is 5.91 Å². The molecule has 1 saturated carbocycles. The molecule has 3 saturated heterocycles. The Morgan fingerprint density at radius 2 is 2.02 bits per heavy atom. The number of piperidine rings is 1. The normalized spacial score (nSPS) is 24.8. The van der Waals surface area contributed by atoms with E-state index in [1.807, 2.05) is 4.90 Å². The second kappa shape index (κ2) is 13.2. The van der Waals surface area contributed by atoms with E-state index in [4.69, 9.17) is 16.1 Å². The number of halogens is 4. The van der Waals surface area contributed by atoms with Crippen molar-refractivity contribution in [3.05, 3.63) is 83.6 Å². The van der Waals surface area contributed by atoms with Gasteiger partial charge in [0.05, 0.1) is 27.7 Å². The first-order chi connectivity index (χ1) is 26.5. The topological polar surface area (TPSA) is 117 Å². The van der Waals surface area contributed by atoms with Gasteiger partial charge in [-0.2, -0.15) is 9.97 Å². The van der Waals surface area contributed by atoms with Crippen LogP contribution >= 0.6 is 0 Å². The van der Waals surface area contributed by atoms with Gasteiger partial charge in [0.2, 0.25) is 0 Å². The Labute approximate surface area is 313 Å². The first kappa shape index (κ1) is 34.9. The Morgan fingerprint density at radius 3 is 2.84 bits per heavy atom. The molecule has 2 aromatic carbocycles. The van der Waals surface area contributed by atoms with Crippen LogP contribution in [-0.4, -0.2) is 85.4 Å². The van der Waals surface area contributed by atoms with Gasteiger partial charge in [0.15, 0.2) is 11.6 Å². The molecular weight excluding hydrogens is 714 g/mol. The molecule has 9 rings (SSSR count). The number of fused-ring (bicyclic) bond motifs is 5. The number of hydrogen-bond acceptors (Lipinski definition) is 9. The second-order valence-corrected chi connectivity index (χ2v) is 15.0. The van der Waals surface area contributed by atoms with Crippen LogP contribution in [0, 0.1) is 24.0 Å². The van der Waals surface area contributed by atoms with Gasteiger partial charge in [-0.3, -0.25) is 19.7 Å². The minimum Gasteiger partial charge on any atom is -0.508 e. The van der Waals surface area contributed by atoms with Crippen molar-refractivity contribution in [1.29, 1.82) is 0 Å². The number of ether oxygens (including phenoxy) is 1. The Balaban J connectivity index is 1.12. The van der Waals surface area contributed by atoms with E-state index in [-0.39, 0.29) is 64.1 Å². The number of rotatable bonds is 8. The van der Waals surface area contributed by atoms with Gasteiger partial charge >= 0.3 is 6.01 Å². The fourth-order valence-electron chi connectivity index (χ4n) is 9.21. The molecule has 55 heavy (non-hydrogen) atoms. The fourth-order valence-corrected chi connectivity index (χ4v) is 9.21. The summed E-state index contributed by atoms with van der Waals surface area (Å²) in [7, 11) is 0. The standard InChI is InChI=1S/C41H35F4N7O3/c1-2-28-31(43)8-7-23-14-27(53)16-29(33(23)28)35-34(45)36-30(19-47-35)37(49-39(48-36)55-22-41-10-5-13-51(41)20-24(42)17-41)52-21-40(11-9-26(52)18-40)50-38(54)32(44)15-25-6-3-4-12-46-25/h1,3-4,6-8,12,14-16,19,24,26,53H,5,9-11,13,17-18,20-22H2,(H,50,54)/b32-15-/t24?,26-,40?,41+/m1/s1. The molecule has 3 aromatic heterocycles. The number of phenols is 1. The number of aromatic nitrogens is 4. The number of anilines is 1. The first-order valence-electron chi connectivity index (χ1n) is 18.2. The average molecular weight is 750 g/mol. The van der Waals surface area contributed by atoms with E-state index < -0.39 is 40.6 Å². The van der Waals surface area contributed by atoms with Gasteiger partial charge in [-0.15, -0.1) is 6.42 Å². The van der Waals surface area contributed by atoms with E-state index in [1.165, 1.54) is 36.7 Å². The summed E-state index contributed by atoms with van der Waals surface area (Å²) < 4.78 is 68.1. The summed E-state index contributed by atoms with van der Waals surface area (Å²) in [6.07, 6.45) is 12.3. The number of pyridine rings is 2. The Morgan fingerprint density at radius 1 is 1.15 bits per heavy atom. The van der Waals surface area contributed by atoms with Gasteiger partial charge < -0.3 is 20.1 Å². The monoisotopic (exact) mass is 749 g/mol. The minimum absolute atomic E-state index is 0.0626. The van der Waals surface area contributed by atoms with E-state index in [9.17, 15) is 18.7 Å². The number of carbonyl (C=O) groups is 1. The van der Waals surface area contributed by atoms with Crippen molar-refractivity contribution >= 4 is 39.5 Å². The largest absolute Gasteiger partial charge is 0.508 e. The van der Waals surface area contributed by atoms with Crippen LogP contribution in [0.15, 0.2) is 60.7 Å². The highest BCUT2D eigenvalue weighted by Gasteiger charge is 2.52. The van der Waals surface area contributed by atoms with Crippen LogP contribution in [0.2, 0.25) is 0 Å². The zero-order valence-electron chi connectivity index (χ0n) is 29.5. The summed E-state index contributed by atoms with van der Waals surface area (Å²) in [5.41, 5.74) is -1.47. The highest BCUT2D eigenvalue weighted by molar-refractivity contribution is 6.03. The summed E-state index contributed by atoms with van der Waals surface area (Å²) in [5.74, 6) is -0.986. The summed E-state index contributed by atoms with van der Waals surface area (Å²) in [5, 5.41) is 14.3. The number of aromatic hydroxyl groups is 1. The smallest absolute Gasteiger partial charge is 0.319 e. The van der Waals surface area contributed by atoms with Gasteiger partial charge in [-0.05, 0) is 74.4 Å². The maximum atomic E-state index is 17.1. The molecule has 0 spiro atoms. The van der Waals surface area contributed by atoms with Crippen LogP contribution in [0.25, 0.3) is 39.0 Å². The first-order valence-corrected chi connectivity index (χ1v) is 18.2. The Kier molecular flexibility index (Phi) is 8.38. The van der Waals surface area contributed by atoms with E-state index >= 15 is 8.78 Å². The number of alkyl halides is 1. The minimum atomic E-state index is -0.993. The predicted octanol–water partition coefficient (Wildman–Crippen LogP) is 6.40. The van der Waals surface area contributed by atoms with Gasteiger partial charge in [-0.1, -0.05) is 18.1 Å². The highest BCUT2D eigenvalue weighted by atomic mass is 19.1. The molecule has 4 fully saturated rings. The summed E-state index contributed by atoms with van der Waals surface area (Å²) in [6.45, 7) is 1.38. The summed E-state index contributed by atoms with van der Waals surface area (Å²) in [6, 6.07) is 9.98. The molecule has 1 aliphatic carbocycles. The lowest BCUT2D eigenvalue weighted by atomic mass is 9.95. The number of carbonyl (C=O) groups excluding carboxylic acids is 1. The van der Waals surface area contributed by atoms with E-state index in [0.717, 1.165) is 25.5 Å². The van der Waals surface area contributed by atoms with Crippen LogP contribution in [-0.2, 0) is 4.79 Å². The maximum Gasteiger partial charge on any atom is 0.319 e. The van der Waals surface area contributed by atoms with Crippen molar-refractivity contribution in [2.75, 3.05) is 31.1 Å². The van der Waals surface area contributed by atoms with Crippen molar-refractivity contribution in [3.8, 4) is 35.4 Å². The number of terminal acetylenes is 1. The van der Waals surface area contributed by atoms with Crippen LogP contribution in [0.5, 0.6) is 11.8 Å². The number of amides is 1. The number of nitrogens with zero attached hydrogens (tertiary/aromatic N) is 6. The van der Waals surface area contributed by atoms with Gasteiger partial charge in [0, 0.05) is 55.0 Å². The van der Waals surface area contributed by atoms with E-state index in [0.29, 0.717) is 49.1 Å². The molecule has 10 nitrogen and oxygen atoms in total. The van der Waals surface area contributed by atoms with Gasteiger partial charge in [-0.25, -0.2) is 17.6 Å². The summed E-state index contributed by atoms with van der Waals surface area (Å²) >= 11 is 0. The lowest BCUT2D eigenvalue weighted by Crippen LogP contribution is -2.51. The zero-order chi connectivity index (χ0) is 38.1. The number of benzene rings is 2. The lowest BCUT2D eigenvalue weighted by molar-refractivity contribution is -0.120. The van der Waals surface area contributed by atoms with Crippen molar-refractivity contribution < 1.29 is 32.2 Å². The molecule has 4 atom stereocenters. The van der Waals surface area contributed by atoms with Crippen molar-refractivity contribution in [1.82, 2.24) is 30.2 Å². The SMILES string of the molecule is C#Cc1c(F)ccc2cc(O)cc(-c3ncc4c(N5CC6(NC(=O)/C(F)=C/c7ccccn7)CC[C@@H]5C6)nc(OC[C@@]56CCCN5CC(F)C6)nc4c3F)c12. The maximum absolute atomic E-state index is 17.1. The zero-order valence-corrected chi connectivity index (χ0v) is 29.5. The van der Waals surface area contributed by atoms with Crippen LogP contribution < -0.4 is 15.0 Å². The predicted molar refractivity (Wildman–Crippen MR) is 198 cm³/mol. The number of phenolic OH excluding ortho intramolecular Hbond substituents is 1. The molecule has 0 radical (unpaired) electrons. The molecule has 5 aromatic rings. The van der Waals surface area contributed by atoms with Crippen molar-refractivity contribution in [2.24, 2.45) is 0 Å². The molecule has 280 valence electrons. The molecule has 2 N–H and O–H groups in total. The molecule has 3 aliphatic heterocycles. The molecule has 6 heterocycles. The highest BCUT2D eigenvalue weighted by Crippen LogP contribution is 2.46. The Bertz CT molecular complexity index is 2460. The fraction of sp³-hybridized carbons (Fsp3) is 0.341. The lowest BCUT2D eigenvalue weighted by Gasteiger charge is -2.34. The van der Waals surface area contributed by atoms with E-state index in [2.05, 4.69) is 31.1 Å². The Hall–Kier alpha value is -5.81. The molecular formula is C41H35F4N7O3. The van der Waals surface area contributed by atoms with Gasteiger partial charge in [0.1, 0.15) is 41.4 Å². The molecule has 14 heteroatoms. The van der Waals surface area contributed by atoms with Crippen LogP contribution in [0.3, 0.4) is 0 Å². The third kappa shape index (κ3) is 5.97. The summed E-state index contributed by atoms with van der Waals surface area (Å²) in [4.78, 5) is 35.0. The average Bonchev–Trinajstić information content (AvgIpc) is 3.93. The van der Waals surface area contributed by atoms with Crippen molar-refractivity contribution in [2.45, 2.75) is 61.8 Å². The molecule has 4 aliphatic rings. The number of hydrogen-bond donors (Lipinski definition) is 2. The van der Waals surface area contributed by atoms with E-state index in [1.54, 1.807) is 18.2 Å². The molecule has 2 unspecified atom stereocenters.